The highest BCUT2D eigenvalue weighted by molar-refractivity contribution is 7.80. The molecule has 0 aliphatic rings. The van der Waals surface area contributed by atoms with E-state index in [-0.39, 0.29) is 29.2 Å². The number of aliphatic carboxylic acids is 1. The molecule has 0 saturated heterocycles. The SMILES string of the molecule is COC(=O)c1ccccc1C(=O)CN[C@H](CS)C(=O)O. The number of Topliss-reactive ketones (excluding diaryl/α,β-unsaturated/α-hetero) is 1. The zero-order valence-electron chi connectivity index (χ0n) is 10.8. The molecule has 1 aromatic rings. The molecule has 20 heavy (non-hydrogen) atoms. The van der Waals surface area contributed by atoms with Crippen LogP contribution in [0.1, 0.15) is 20.7 Å². The summed E-state index contributed by atoms with van der Waals surface area (Å²) in [4.78, 5) is 34.4. The first-order valence-electron chi connectivity index (χ1n) is 5.78. The molecular weight excluding hydrogens is 282 g/mol. The van der Waals surface area contributed by atoms with Crippen LogP contribution in [0.2, 0.25) is 0 Å². The van der Waals surface area contributed by atoms with Crippen molar-refractivity contribution in [1.29, 1.82) is 0 Å². The Balaban J connectivity index is 2.83. The molecule has 0 aromatic heterocycles. The van der Waals surface area contributed by atoms with E-state index in [0.29, 0.717) is 0 Å². The van der Waals surface area contributed by atoms with Gasteiger partial charge in [0, 0.05) is 11.3 Å². The van der Waals surface area contributed by atoms with Crippen LogP contribution >= 0.6 is 12.6 Å². The van der Waals surface area contributed by atoms with Gasteiger partial charge in [0.25, 0.3) is 0 Å². The molecule has 1 aromatic carbocycles. The van der Waals surface area contributed by atoms with Crippen molar-refractivity contribution >= 4 is 30.4 Å². The fourth-order valence-corrected chi connectivity index (χ4v) is 1.84. The smallest absolute Gasteiger partial charge is 0.338 e. The van der Waals surface area contributed by atoms with Gasteiger partial charge < -0.3 is 9.84 Å². The van der Waals surface area contributed by atoms with E-state index >= 15 is 0 Å². The van der Waals surface area contributed by atoms with Gasteiger partial charge in [-0.1, -0.05) is 18.2 Å². The summed E-state index contributed by atoms with van der Waals surface area (Å²) < 4.78 is 4.59. The number of carboxylic acid groups (broad SMARTS) is 1. The largest absolute Gasteiger partial charge is 0.480 e. The third-order valence-corrected chi connectivity index (χ3v) is 2.99. The first kappa shape index (κ1) is 16.2. The summed E-state index contributed by atoms with van der Waals surface area (Å²) in [5.41, 5.74) is 0.342. The second-order valence-electron chi connectivity index (χ2n) is 3.91. The molecule has 0 saturated carbocycles. The number of carbonyl (C=O) groups is 3. The van der Waals surface area contributed by atoms with Crippen LogP contribution < -0.4 is 5.32 Å². The molecule has 0 aliphatic carbocycles. The van der Waals surface area contributed by atoms with Crippen molar-refractivity contribution in [1.82, 2.24) is 5.32 Å². The summed E-state index contributed by atoms with van der Waals surface area (Å²) in [6.45, 7) is -0.203. The Hall–Kier alpha value is -1.86. The lowest BCUT2D eigenvalue weighted by Crippen LogP contribution is -2.41. The number of ketones is 1. The Bertz CT molecular complexity index is 517. The second kappa shape index (κ2) is 7.66. The minimum atomic E-state index is -1.09. The molecule has 0 amide bonds. The number of carbonyl (C=O) groups excluding carboxylic acids is 2. The van der Waals surface area contributed by atoms with E-state index in [4.69, 9.17) is 5.11 Å². The van der Waals surface area contributed by atoms with E-state index in [0.717, 1.165) is 0 Å². The van der Waals surface area contributed by atoms with Crippen LogP contribution in [0.3, 0.4) is 0 Å². The van der Waals surface area contributed by atoms with Crippen molar-refractivity contribution in [2.24, 2.45) is 0 Å². The van der Waals surface area contributed by atoms with Crippen LogP contribution in [0.5, 0.6) is 0 Å². The van der Waals surface area contributed by atoms with E-state index in [1.54, 1.807) is 12.1 Å². The summed E-state index contributed by atoms with van der Waals surface area (Å²) in [5, 5.41) is 11.4. The number of hydrogen-bond donors (Lipinski definition) is 3. The lowest BCUT2D eigenvalue weighted by molar-refractivity contribution is -0.138. The van der Waals surface area contributed by atoms with E-state index in [9.17, 15) is 14.4 Å². The summed E-state index contributed by atoms with van der Waals surface area (Å²) >= 11 is 3.88. The van der Waals surface area contributed by atoms with Crippen LogP contribution in [0.15, 0.2) is 24.3 Å². The first-order chi connectivity index (χ1) is 9.51. The first-order valence-corrected chi connectivity index (χ1v) is 6.42. The number of carboxylic acids is 1. The van der Waals surface area contributed by atoms with Crippen molar-refractivity contribution in [2.75, 3.05) is 19.4 Å². The van der Waals surface area contributed by atoms with Crippen molar-refractivity contribution in [3.05, 3.63) is 35.4 Å². The number of hydrogen-bond acceptors (Lipinski definition) is 6. The molecule has 6 nitrogen and oxygen atoms in total. The molecule has 1 atom stereocenters. The third-order valence-electron chi connectivity index (χ3n) is 2.62. The number of rotatable bonds is 7. The summed E-state index contributed by atoms with van der Waals surface area (Å²) in [7, 11) is 1.23. The molecular formula is C13H15NO5S. The number of esters is 1. The number of methoxy groups -OCH3 is 1. The molecule has 0 fully saturated rings. The zero-order valence-corrected chi connectivity index (χ0v) is 11.7. The van der Waals surface area contributed by atoms with Crippen LogP contribution in [-0.4, -0.2) is 48.3 Å². The van der Waals surface area contributed by atoms with Gasteiger partial charge in [-0.2, -0.15) is 12.6 Å². The molecule has 2 N–H and O–H groups in total. The molecule has 7 heteroatoms. The van der Waals surface area contributed by atoms with Gasteiger partial charge in [0.2, 0.25) is 0 Å². The fourth-order valence-electron chi connectivity index (χ4n) is 1.56. The van der Waals surface area contributed by atoms with Gasteiger partial charge in [-0.15, -0.1) is 0 Å². The highest BCUT2D eigenvalue weighted by Crippen LogP contribution is 2.10. The Morgan fingerprint density at radius 3 is 2.40 bits per heavy atom. The van der Waals surface area contributed by atoms with E-state index in [1.165, 1.54) is 19.2 Å². The average Bonchev–Trinajstić information content (AvgIpc) is 2.46. The second-order valence-corrected chi connectivity index (χ2v) is 4.28. The minimum absolute atomic E-state index is 0.0568. The average molecular weight is 297 g/mol. The predicted octanol–water partition coefficient (Wildman–Crippen LogP) is 0.628. The van der Waals surface area contributed by atoms with Gasteiger partial charge in [0.1, 0.15) is 6.04 Å². The van der Waals surface area contributed by atoms with Gasteiger partial charge in [-0.05, 0) is 6.07 Å². The van der Waals surface area contributed by atoms with Crippen molar-refractivity contribution < 1.29 is 24.2 Å². The topological polar surface area (TPSA) is 92.7 Å². The molecule has 0 spiro atoms. The van der Waals surface area contributed by atoms with Crippen LogP contribution in [0, 0.1) is 0 Å². The molecule has 0 radical (unpaired) electrons. The Kier molecular flexibility index (Phi) is 6.20. The van der Waals surface area contributed by atoms with Gasteiger partial charge in [0.15, 0.2) is 5.78 Å². The zero-order chi connectivity index (χ0) is 15.1. The Morgan fingerprint density at radius 2 is 1.90 bits per heavy atom. The highest BCUT2D eigenvalue weighted by Gasteiger charge is 2.20. The summed E-state index contributed by atoms with van der Waals surface area (Å²) in [6.07, 6.45) is 0. The van der Waals surface area contributed by atoms with Crippen molar-refractivity contribution in [3.63, 3.8) is 0 Å². The van der Waals surface area contributed by atoms with Gasteiger partial charge in [0.05, 0.1) is 19.2 Å². The normalized spacial score (nSPS) is 11.7. The number of ether oxygens (including phenoxy) is 1. The maximum absolute atomic E-state index is 12.0. The maximum atomic E-state index is 12.0. The lowest BCUT2D eigenvalue weighted by atomic mass is 10.0. The fraction of sp³-hybridized carbons (Fsp3) is 0.308. The van der Waals surface area contributed by atoms with Crippen LogP contribution in [-0.2, 0) is 9.53 Å². The summed E-state index contributed by atoms with van der Waals surface area (Å²) in [5.74, 6) is -2.03. The number of thiol groups is 1. The standard InChI is InChI=1S/C13H15NO5S/c1-19-13(18)9-5-3-2-4-8(9)11(15)6-14-10(7-20)12(16)17/h2-5,10,14,20H,6-7H2,1H3,(H,16,17)/t10-/m1/s1. The molecule has 108 valence electrons. The van der Waals surface area contributed by atoms with E-state index < -0.39 is 18.0 Å². The van der Waals surface area contributed by atoms with Crippen molar-refractivity contribution in [2.45, 2.75) is 6.04 Å². The van der Waals surface area contributed by atoms with E-state index in [1.807, 2.05) is 0 Å². The van der Waals surface area contributed by atoms with Gasteiger partial charge in [-0.25, -0.2) is 4.79 Å². The number of benzene rings is 1. The minimum Gasteiger partial charge on any atom is -0.480 e. The number of nitrogens with one attached hydrogen (secondary N) is 1. The molecule has 0 bridgehead atoms. The lowest BCUT2D eigenvalue weighted by Gasteiger charge is -2.12. The predicted molar refractivity (Wildman–Crippen MR) is 75.4 cm³/mol. The Labute approximate surface area is 121 Å². The van der Waals surface area contributed by atoms with Crippen LogP contribution in [0.4, 0.5) is 0 Å². The molecule has 0 heterocycles. The molecule has 1 rings (SSSR count). The van der Waals surface area contributed by atoms with E-state index in [2.05, 4.69) is 22.7 Å². The van der Waals surface area contributed by atoms with Crippen molar-refractivity contribution in [3.8, 4) is 0 Å². The van der Waals surface area contributed by atoms with Gasteiger partial charge >= 0.3 is 11.9 Å². The quantitative estimate of drug-likeness (QED) is 0.388. The highest BCUT2D eigenvalue weighted by atomic mass is 32.1. The third kappa shape index (κ3) is 4.07. The summed E-state index contributed by atoms with van der Waals surface area (Å²) in [6, 6.07) is 5.28. The van der Waals surface area contributed by atoms with Gasteiger partial charge in [-0.3, -0.25) is 14.9 Å². The Morgan fingerprint density at radius 1 is 1.30 bits per heavy atom. The maximum Gasteiger partial charge on any atom is 0.338 e. The molecule has 0 aliphatic heterocycles. The monoisotopic (exact) mass is 297 g/mol. The van der Waals surface area contributed by atoms with Crippen LogP contribution in [0.25, 0.3) is 0 Å². The molecule has 0 unspecified atom stereocenters.